The van der Waals surface area contributed by atoms with Crippen molar-refractivity contribution in [1.29, 1.82) is 0 Å². The third-order valence-corrected chi connectivity index (χ3v) is 4.47. The second-order valence-electron chi connectivity index (χ2n) is 6.03. The molecule has 21 heavy (non-hydrogen) atoms. The molecule has 2 amide bonds. The maximum atomic E-state index is 12.6. The molecule has 112 valence electrons. The lowest BCUT2D eigenvalue weighted by atomic mass is 9.97. The minimum Gasteiger partial charge on any atom is -0.508 e. The Bertz CT molecular complexity index is 564. The lowest BCUT2D eigenvalue weighted by molar-refractivity contribution is -0.123. The summed E-state index contributed by atoms with van der Waals surface area (Å²) in [5.74, 6) is 0.397. The SMILES string of the molecule is CC1CCN([C@@H]2CC(=O)N(c3cccc(O)c3)C2=O)CC1. The first-order chi connectivity index (χ1) is 10.1. The minimum atomic E-state index is -0.340. The standard InChI is InChI=1S/C16H20N2O3/c1-11-5-7-17(8-6-11)14-10-15(20)18(16(14)21)12-3-2-4-13(19)9-12/h2-4,9,11,14,19H,5-8,10H2,1H3/t14-/m1/s1. The third-order valence-electron chi connectivity index (χ3n) is 4.47. The summed E-state index contributed by atoms with van der Waals surface area (Å²) in [6, 6.07) is 5.96. The molecule has 3 rings (SSSR count). The van der Waals surface area contributed by atoms with E-state index < -0.39 is 0 Å². The Morgan fingerprint density at radius 2 is 1.90 bits per heavy atom. The molecule has 0 bridgehead atoms. The monoisotopic (exact) mass is 288 g/mol. The number of rotatable bonds is 2. The Morgan fingerprint density at radius 1 is 1.19 bits per heavy atom. The molecule has 1 N–H and O–H groups in total. The third kappa shape index (κ3) is 2.65. The lowest BCUT2D eigenvalue weighted by Gasteiger charge is -2.33. The van der Waals surface area contributed by atoms with E-state index in [4.69, 9.17) is 0 Å². The normalized spacial score (nSPS) is 24.8. The largest absolute Gasteiger partial charge is 0.508 e. The summed E-state index contributed by atoms with van der Waals surface area (Å²) < 4.78 is 0. The predicted molar refractivity (Wildman–Crippen MR) is 79.0 cm³/mol. The molecule has 0 unspecified atom stereocenters. The summed E-state index contributed by atoms with van der Waals surface area (Å²) in [6.07, 6.45) is 2.39. The molecule has 0 spiro atoms. The van der Waals surface area contributed by atoms with Gasteiger partial charge in [0, 0.05) is 6.07 Å². The van der Waals surface area contributed by atoms with Gasteiger partial charge in [-0.1, -0.05) is 13.0 Å². The fraction of sp³-hybridized carbons (Fsp3) is 0.500. The number of imide groups is 1. The molecule has 0 radical (unpaired) electrons. The van der Waals surface area contributed by atoms with Crippen molar-refractivity contribution in [3.8, 4) is 5.75 Å². The van der Waals surface area contributed by atoms with E-state index in [1.54, 1.807) is 12.1 Å². The second-order valence-corrected chi connectivity index (χ2v) is 6.03. The molecule has 2 saturated heterocycles. The number of nitrogens with zero attached hydrogens (tertiary/aromatic N) is 2. The molecule has 0 aromatic heterocycles. The van der Waals surface area contributed by atoms with Crippen LogP contribution in [0.1, 0.15) is 26.2 Å². The zero-order valence-corrected chi connectivity index (χ0v) is 12.2. The number of hydrogen-bond donors (Lipinski definition) is 1. The molecule has 5 nitrogen and oxygen atoms in total. The molecule has 2 heterocycles. The second kappa shape index (κ2) is 5.48. The van der Waals surface area contributed by atoms with E-state index in [1.165, 1.54) is 17.0 Å². The van der Waals surface area contributed by atoms with Crippen molar-refractivity contribution < 1.29 is 14.7 Å². The van der Waals surface area contributed by atoms with Crippen LogP contribution in [0.4, 0.5) is 5.69 Å². The van der Waals surface area contributed by atoms with Gasteiger partial charge in [0.2, 0.25) is 5.91 Å². The highest BCUT2D eigenvalue weighted by molar-refractivity contribution is 6.22. The van der Waals surface area contributed by atoms with E-state index in [2.05, 4.69) is 11.8 Å². The first-order valence-electron chi connectivity index (χ1n) is 7.46. The smallest absolute Gasteiger partial charge is 0.251 e. The van der Waals surface area contributed by atoms with Gasteiger partial charge in [0.1, 0.15) is 5.75 Å². The van der Waals surface area contributed by atoms with Crippen LogP contribution in [-0.4, -0.2) is 41.0 Å². The Morgan fingerprint density at radius 3 is 2.57 bits per heavy atom. The van der Waals surface area contributed by atoms with E-state index in [1.807, 2.05) is 0 Å². The number of carbonyl (C=O) groups excluding carboxylic acids is 2. The van der Waals surface area contributed by atoms with Crippen LogP contribution in [0.5, 0.6) is 5.75 Å². The van der Waals surface area contributed by atoms with Crippen molar-refractivity contribution in [1.82, 2.24) is 4.90 Å². The van der Waals surface area contributed by atoms with Crippen molar-refractivity contribution in [3.63, 3.8) is 0 Å². The molecule has 2 aliphatic rings. The zero-order chi connectivity index (χ0) is 15.0. The van der Waals surface area contributed by atoms with Gasteiger partial charge in [-0.05, 0) is 44.0 Å². The summed E-state index contributed by atoms with van der Waals surface area (Å²) in [7, 11) is 0. The van der Waals surface area contributed by atoms with Crippen molar-refractivity contribution in [3.05, 3.63) is 24.3 Å². The number of likely N-dealkylation sites (tertiary alicyclic amines) is 1. The summed E-state index contributed by atoms with van der Waals surface area (Å²) in [5.41, 5.74) is 0.456. The lowest BCUT2D eigenvalue weighted by Crippen LogP contribution is -2.45. The van der Waals surface area contributed by atoms with Crippen LogP contribution >= 0.6 is 0 Å². The number of piperidine rings is 1. The van der Waals surface area contributed by atoms with Crippen molar-refractivity contribution in [2.45, 2.75) is 32.2 Å². The van der Waals surface area contributed by atoms with Crippen molar-refractivity contribution in [2.24, 2.45) is 5.92 Å². The molecule has 1 aromatic rings. The van der Waals surface area contributed by atoms with Crippen LogP contribution in [0.25, 0.3) is 0 Å². The van der Waals surface area contributed by atoms with Gasteiger partial charge in [-0.25, -0.2) is 4.90 Å². The molecule has 1 atom stereocenters. The maximum Gasteiger partial charge on any atom is 0.251 e. The number of amides is 2. The number of phenols is 1. The zero-order valence-electron chi connectivity index (χ0n) is 12.2. The molecule has 2 fully saturated rings. The Hall–Kier alpha value is -1.88. The summed E-state index contributed by atoms with van der Waals surface area (Å²) >= 11 is 0. The van der Waals surface area contributed by atoms with Gasteiger partial charge in [0.05, 0.1) is 18.2 Å². The summed E-state index contributed by atoms with van der Waals surface area (Å²) in [4.78, 5) is 28.1. The molecule has 5 heteroatoms. The first kappa shape index (κ1) is 14.1. The average molecular weight is 288 g/mol. The number of aromatic hydroxyl groups is 1. The summed E-state index contributed by atoms with van der Waals surface area (Å²) in [5, 5.41) is 9.53. The fourth-order valence-electron chi connectivity index (χ4n) is 3.14. The van der Waals surface area contributed by atoms with E-state index in [0.717, 1.165) is 25.9 Å². The van der Waals surface area contributed by atoms with Crippen LogP contribution in [0.15, 0.2) is 24.3 Å². The first-order valence-corrected chi connectivity index (χ1v) is 7.46. The topological polar surface area (TPSA) is 60.9 Å². The number of hydrogen-bond acceptors (Lipinski definition) is 4. The van der Waals surface area contributed by atoms with Gasteiger partial charge in [-0.15, -0.1) is 0 Å². The van der Waals surface area contributed by atoms with Crippen molar-refractivity contribution in [2.75, 3.05) is 18.0 Å². The van der Waals surface area contributed by atoms with Crippen molar-refractivity contribution >= 4 is 17.5 Å². The Labute approximate surface area is 124 Å². The van der Waals surface area contributed by atoms with E-state index in [0.29, 0.717) is 11.6 Å². The molecule has 0 saturated carbocycles. The van der Waals surface area contributed by atoms with Crippen LogP contribution in [-0.2, 0) is 9.59 Å². The van der Waals surface area contributed by atoms with Crippen LogP contribution in [0.3, 0.4) is 0 Å². The van der Waals surface area contributed by atoms with Crippen LogP contribution in [0.2, 0.25) is 0 Å². The molecule has 2 aliphatic heterocycles. The highest BCUT2D eigenvalue weighted by Gasteiger charge is 2.43. The number of anilines is 1. The quantitative estimate of drug-likeness (QED) is 0.842. The predicted octanol–water partition coefficient (Wildman–Crippen LogP) is 1.76. The molecule has 0 aliphatic carbocycles. The van der Waals surface area contributed by atoms with E-state index in [-0.39, 0.29) is 30.0 Å². The molecule has 1 aromatic carbocycles. The van der Waals surface area contributed by atoms with Gasteiger partial charge in [0.15, 0.2) is 0 Å². The van der Waals surface area contributed by atoms with Gasteiger partial charge in [-0.2, -0.15) is 0 Å². The Balaban J connectivity index is 1.79. The maximum absolute atomic E-state index is 12.6. The molecular formula is C16H20N2O3. The Kier molecular flexibility index (Phi) is 3.68. The van der Waals surface area contributed by atoms with E-state index in [9.17, 15) is 14.7 Å². The van der Waals surface area contributed by atoms with Gasteiger partial charge >= 0.3 is 0 Å². The minimum absolute atomic E-state index is 0.0587. The van der Waals surface area contributed by atoms with E-state index >= 15 is 0 Å². The number of benzene rings is 1. The average Bonchev–Trinajstić information content (AvgIpc) is 2.75. The van der Waals surface area contributed by atoms with Crippen LogP contribution in [0, 0.1) is 5.92 Å². The van der Waals surface area contributed by atoms with Gasteiger partial charge in [0.25, 0.3) is 5.91 Å². The summed E-state index contributed by atoms with van der Waals surface area (Å²) in [6.45, 7) is 3.97. The highest BCUT2D eigenvalue weighted by atomic mass is 16.3. The van der Waals surface area contributed by atoms with Crippen LogP contribution < -0.4 is 4.90 Å². The van der Waals surface area contributed by atoms with Gasteiger partial charge < -0.3 is 5.11 Å². The highest BCUT2D eigenvalue weighted by Crippen LogP contribution is 2.29. The number of phenolic OH excluding ortho intramolecular Hbond substituents is 1. The van der Waals surface area contributed by atoms with Gasteiger partial charge in [-0.3, -0.25) is 14.5 Å². The molecular weight excluding hydrogens is 268 g/mol. The number of carbonyl (C=O) groups is 2. The fourth-order valence-corrected chi connectivity index (χ4v) is 3.14.